The Bertz CT molecular complexity index is 426. The maximum absolute atomic E-state index is 4.85. The first-order valence-corrected chi connectivity index (χ1v) is 8.31. The highest BCUT2D eigenvalue weighted by Crippen LogP contribution is 2.20. The van der Waals surface area contributed by atoms with E-state index in [9.17, 15) is 0 Å². The van der Waals surface area contributed by atoms with Gasteiger partial charge in [-0.3, -0.25) is 0 Å². The van der Waals surface area contributed by atoms with Crippen LogP contribution in [0.25, 0.3) is 0 Å². The van der Waals surface area contributed by atoms with E-state index in [0.29, 0.717) is 18.0 Å². The summed E-state index contributed by atoms with van der Waals surface area (Å²) in [6, 6.07) is 5.47. The summed E-state index contributed by atoms with van der Waals surface area (Å²) >= 11 is 0. The van der Waals surface area contributed by atoms with Crippen molar-refractivity contribution in [2.24, 2.45) is 5.92 Å². The molecule has 0 aliphatic heterocycles. The Balaban J connectivity index is 3.00. The van der Waals surface area contributed by atoms with Crippen LogP contribution in [0.1, 0.15) is 59.2 Å². The topological polar surface area (TPSA) is 28.2 Å². The van der Waals surface area contributed by atoms with Crippen molar-refractivity contribution in [2.75, 3.05) is 11.9 Å². The summed E-state index contributed by atoms with van der Waals surface area (Å²) in [7, 11) is 2.16. The van der Waals surface area contributed by atoms with E-state index >= 15 is 0 Å². The van der Waals surface area contributed by atoms with Crippen LogP contribution in [0.15, 0.2) is 12.1 Å². The third-order valence-electron chi connectivity index (χ3n) is 4.08. The second-order valence-electron chi connectivity index (χ2n) is 6.71. The SMILES string of the molecule is CCCc1cc(CNC(C)C)cc(N(C)C(C)C(C)C)n1. The monoisotopic (exact) mass is 291 g/mol. The average Bonchev–Trinajstić information content (AvgIpc) is 2.43. The summed E-state index contributed by atoms with van der Waals surface area (Å²) in [6.45, 7) is 14.3. The lowest BCUT2D eigenvalue weighted by molar-refractivity contribution is 0.502. The molecule has 0 aliphatic rings. The second kappa shape index (κ2) is 8.38. The van der Waals surface area contributed by atoms with Crippen molar-refractivity contribution in [3.63, 3.8) is 0 Å². The van der Waals surface area contributed by atoms with Gasteiger partial charge in [0.05, 0.1) is 0 Å². The van der Waals surface area contributed by atoms with Crippen LogP contribution in [-0.2, 0) is 13.0 Å². The van der Waals surface area contributed by atoms with Crippen molar-refractivity contribution in [1.82, 2.24) is 10.3 Å². The first-order valence-electron chi connectivity index (χ1n) is 8.31. The molecular weight excluding hydrogens is 258 g/mol. The molecule has 1 N–H and O–H groups in total. The second-order valence-corrected chi connectivity index (χ2v) is 6.71. The fourth-order valence-corrected chi connectivity index (χ4v) is 2.28. The zero-order valence-electron chi connectivity index (χ0n) is 14.9. The molecule has 0 radical (unpaired) electrons. The van der Waals surface area contributed by atoms with Crippen LogP contribution in [0.4, 0.5) is 5.82 Å². The molecule has 0 amide bonds. The van der Waals surface area contributed by atoms with E-state index in [2.05, 4.69) is 70.9 Å². The number of aromatic nitrogens is 1. The lowest BCUT2D eigenvalue weighted by Gasteiger charge is -2.29. The molecule has 0 saturated heterocycles. The fraction of sp³-hybridized carbons (Fsp3) is 0.722. The highest BCUT2D eigenvalue weighted by Gasteiger charge is 2.16. The Hall–Kier alpha value is -1.09. The molecule has 21 heavy (non-hydrogen) atoms. The highest BCUT2D eigenvalue weighted by atomic mass is 15.2. The molecule has 1 aromatic heterocycles. The predicted molar refractivity (Wildman–Crippen MR) is 92.9 cm³/mol. The van der Waals surface area contributed by atoms with Gasteiger partial charge in [0.25, 0.3) is 0 Å². The van der Waals surface area contributed by atoms with Crippen LogP contribution >= 0.6 is 0 Å². The van der Waals surface area contributed by atoms with Gasteiger partial charge in [-0.15, -0.1) is 0 Å². The normalized spacial score (nSPS) is 13.0. The molecule has 1 aromatic rings. The number of aryl methyl sites for hydroxylation is 1. The summed E-state index contributed by atoms with van der Waals surface area (Å²) in [4.78, 5) is 7.16. The van der Waals surface area contributed by atoms with Gasteiger partial charge in [-0.1, -0.05) is 41.0 Å². The Morgan fingerprint density at radius 2 is 1.81 bits per heavy atom. The molecule has 1 heterocycles. The van der Waals surface area contributed by atoms with Crippen LogP contribution in [0.2, 0.25) is 0 Å². The molecule has 1 rings (SSSR count). The number of anilines is 1. The molecule has 0 bridgehead atoms. The molecule has 1 atom stereocenters. The fourth-order valence-electron chi connectivity index (χ4n) is 2.28. The zero-order valence-corrected chi connectivity index (χ0v) is 14.9. The highest BCUT2D eigenvalue weighted by molar-refractivity contribution is 5.43. The van der Waals surface area contributed by atoms with Crippen molar-refractivity contribution in [3.05, 3.63) is 23.4 Å². The van der Waals surface area contributed by atoms with E-state index in [-0.39, 0.29) is 0 Å². The molecule has 0 saturated carbocycles. The predicted octanol–water partition coefficient (Wildman–Crippen LogP) is 4.01. The number of pyridine rings is 1. The van der Waals surface area contributed by atoms with Crippen molar-refractivity contribution in [1.29, 1.82) is 0 Å². The molecule has 0 spiro atoms. The standard InChI is InChI=1S/C18H33N3/c1-8-9-17-10-16(12-19-14(4)5)11-18(20-17)21(7)15(6)13(2)3/h10-11,13-15,19H,8-9,12H2,1-7H3. The van der Waals surface area contributed by atoms with Gasteiger partial charge in [0, 0.05) is 31.4 Å². The molecule has 3 nitrogen and oxygen atoms in total. The molecule has 120 valence electrons. The van der Waals surface area contributed by atoms with Gasteiger partial charge in [0.2, 0.25) is 0 Å². The minimum Gasteiger partial charge on any atom is -0.357 e. The smallest absolute Gasteiger partial charge is 0.129 e. The third kappa shape index (κ3) is 5.66. The number of rotatable bonds is 8. The molecule has 0 aromatic carbocycles. The summed E-state index contributed by atoms with van der Waals surface area (Å²) < 4.78 is 0. The van der Waals surface area contributed by atoms with Crippen molar-refractivity contribution >= 4 is 5.82 Å². The first-order chi connectivity index (χ1) is 9.85. The maximum atomic E-state index is 4.85. The van der Waals surface area contributed by atoms with Crippen LogP contribution in [0, 0.1) is 5.92 Å². The van der Waals surface area contributed by atoms with E-state index < -0.39 is 0 Å². The maximum Gasteiger partial charge on any atom is 0.129 e. The van der Waals surface area contributed by atoms with Crippen LogP contribution in [0.3, 0.4) is 0 Å². The Labute approximate surface area is 131 Å². The van der Waals surface area contributed by atoms with Gasteiger partial charge in [-0.25, -0.2) is 4.98 Å². The van der Waals surface area contributed by atoms with Crippen molar-refractivity contribution in [2.45, 2.75) is 73.0 Å². The van der Waals surface area contributed by atoms with E-state index in [0.717, 1.165) is 25.2 Å². The summed E-state index contributed by atoms with van der Waals surface area (Å²) in [5, 5.41) is 3.50. The van der Waals surface area contributed by atoms with E-state index in [1.54, 1.807) is 0 Å². The quantitative estimate of drug-likeness (QED) is 0.784. The minimum absolute atomic E-state index is 0.486. The first kappa shape index (κ1) is 18.0. The van der Waals surface area contributed by atoms with Gasteiger partial charge in [-0.05, 0) is 37.0 Å². The molecular formula is C18H33N3. The van der Waals surface area contributed by atoms with Gasteiger partial charge in [0.1, 0.15) is 5.82 Å². The zero-order chi connectivity index (χ0) is 16.0. The summed E-state index contributed by atoms with van der Waals surface area (Å²) in [5.74, 6) is 1.71. The van der Waals surface area contributed by atoms with Gasteiger partial charge in [0.15, 0.2) is 0 Å². The van der Waals surface area contributed by atoms with Crippen LogP contribution < -0.4 is 10.2 Å². The lowest BCUT2D eigenvalue weighted by atomic mass is 10.0. The summed E-state index contributed by atoms with van der Waals surface area (Å²) in [5.41, 5.74) is 2.54. The van der Waals surface area contributed by atoms with Gasteiger partial charge >= 0.3 is 0 Å². The van der Waals surface area contributed by atoms with Crippen molar-refractivity contribution in [3.8, 4) is 0 Å². The van der Waals surface area contributed by atoms with Crippen LogP contribution in [-0.4, -0.2) is 24.1 Å². The van der Waals surface area contributed by atoms with E-state index in [1.807, 2.05) is 0 Å². The number of hydrogen-bond acceptors (Lipinski definition) is 3. The van der Waals surface area contributed by atoms with E-state index in [4.69, 9.17) is 4.98 Å². The Kier molecular flexibility index (Phi) is 7.16. The van der Waals surface area contributed by atoms with Crippen molar-refractivity contribution < 1.29 is 0 Å². The molecule has 0 aliphatic carbocycles. The number of nitrogens with one attached hydrogen (secondary N) is 1. The van der Waals surface area contributed by atoms with Crippen LogP contribution in [0.5, 0.6) is 0 Å². The third-order valence-corrected chi connectivity index (χ3v) is 4.08. The molecule has 1 unspecified atom stereocenters. The Morgan fingerprint density at radius 1 is 1.14 bits per heavy atom. The lowest BCUT2D eigenvalue weighted by Crippen LogP contribution is -2.34. The largest absolute Gasteiger partial charge is 0.357 e. The van der Waals surface area contributed by atoms with Gasteiger partial charge in [-0.2, -0.15) is 0 Å². The minimum atomic E-state index is 0.486. The summed E-state index contributed by atoms with van der Waals surface area (Å²) in [6.07, 6.45) is 2.18. The average molecular weight is 291 g/mol. The van der Waals surface area contributed by atoms with Gasteiger partial charge < -0.3 is 10.2 Å². The number of nitrogens with zero attached hydrogens (tertiary/aromatic N) is 2. The Morgan fingerprint density at radius 3 is 2.33 bits per heavy atom. The van der Waals surface area contributed by atoms with E-state index in [1.165, 1.54) is 11.3 Å². The molecule has 3 heteroatoms. The number of hydrogen-bond donors (Lipinski definition) is 1. The molecule has 0 fully saturated rings.